The fourth-order valence-corrected chi connectivity index (χ4v) is 9.72. The van der Waals surface area contributed by atoms with E-state index in [1.807, 2.05) is 0 Å². The fourth-order valence-electron chi connectivity index (χ4n) is 9.72. The van der Waals surface area contributed by atoms with Gasteiger partial charge in [-0.15, -0.1) is 0 Å². The number of carbonyl (C=O) groups is 11. The van der Waals surface area contributed by atoms with Crippen LogP contribution >= 0.6 is 0 Å². The highest BCUT2D eigenvalue weighted by Gasteiger charge is 2.37. The molecule has 0 aromatic heterocycles. The molecule has 0 aliphatic carbocycles. The average Bonchev–Trinajstić information content (AvgIpc) is 3.68. The van der Waals surface area contributed by atoms with E-state index in [1.54, 1.807) is 30.3 Å². The minimum Gasteiger partial charge on any atom is -0.391 e. The number of aliphatic hydroxyl groups excluding tert-OH is 2. The normalized spacial score (nSPS) is 22.1. The standard InChI is InChI=1S/C59H104N16O13/c1-5-7-9-11-13-17-21-39-50(79)68-41(24-30-61)51(80)70-44(27-33-64)56(85)74-48(36(3)76)58(87)65-34-28-45(54(83)69-42(25-31-62)53(82)73-46(57(86)67-39)35-38-19-15-14-16-20-38)71-52(81)43(26-32-63)72-59(88)49(37(4)77)75-55(84)40(23-29-60)66-47(78)22-18-12-10-8-6-2/h14-16,19-20,36-37,39-46,48-49,76-77H,5-13,17-18,21-35,60-64H2,1-4H3,(H,65,87)(H,66,78)(H,67,86)(H,68,79)(H,69,83)(H,70,80)(H,71,81)(H,72,88)(H,73,82)(H,74,85)(H,75,84). The second-order valence-electron chi connectivity index (χ2n) is 22.4. The summed E-state index contributed by atoms with van der Waals surface area (Å²) in [6.07, 6.45) is 5.08. The van der Waals surface area contributed by atoms with Gasteiger partial charge in [0, 0.05) is 19.4 Å². The summed E-state index contributed by atoms with van der Waals surface area (Å²) in [4.78, 5) is 155. The van der Waals surface area contributed by atoms with E-state index in [9.17, 15) is 63.0 Å². The lowest BCUT2D eigenvalue weighted by atomic mass is 10.0. The Morgan fingerprint density at radius 2 is 0.966 bits per heavy atom. The van der Waals surface area contributed by atoms with Crippen molar-refractivity contribution < 1.29 is 63.0 Å². The second-order valence-corrected chi connectivity index (χ2v) is 22.4. The van der Waals surface area contributed by atoms with Gasteiger partial charge in [-0.05, 0) is 104 Å². The molecule has 1 saturated heterocycles. The van der Waals surface area contributed by atoms with E-state index >= 15 is 0 Å². The molecule has 12 unspecified atom stereocenters. The molecule has 23 N–H and O–H groups in total. The molecule has 11 amide bonds. The maximum atomic E-state index is 14.6. The van der Waals surface area contributed by atoms with Crippen LogP contribution in [0.2, 0.25) is 0 Å². The maximum absolute atomic E-state index is 14.6. The highest BCUT2D eigenvalue weighted by Crippen LogP contribution is 2.13. The van der Waals surface area contributed by atoms with Crippen LogP contribution in [-0.2, 0) is 59.2 Å². The zero-order valence-electron chi connectivity index (χ0n) is 52.0. The second kappa shape index (κ2) is 43.7. The Morgan fingerprint density at radius 3 is 1.47 bits per heavy atom. The Kier molecular flexibility index (Phi) is 38.3. The third-order valence-corrected chi connectivity index (χ3v) is 14.9. The summed E-state index contributed by atoms with van der Waals surface area (Å²) in [5.74, 6) is -9.61. The molecule has 498 valence electrons. The Hall–Kier alpha value is -6.89. The van der Waals surface area contributed by atoms with Gasteiger partial charge in [0.05, 0.1) is 12.2 Å². The van der Waals surface area contributed by atoms with Crippen LogP contribution < -0.4 is 87.2 Å². The summed E-state index contributed by atoms with van der Waals surface area (Å²) in [6, 6.07) is -6.10. The zero-order valence-corrected chi connectivity index (χ0v) is 52.0. The lowest BCUT2D eigenvalue weighted by Crippen LogP contribution is -2.62. The number of hydrogen-bond donors (Lipinski definition) is 18. The topological polar surface area (TPSA) is 491 Å². The molecule has 1 fully saturated rings. The van der Waals surface area contributed by atoms with E-state index < -0.39 is 151 Å². The fraction of sp³-hybridized carbons (Fsp3) is 0.712. The first-order valence-electron chi connectivity index (χ1n) is 31.3. The molecule has 1 aliphatic rings. The van der Waals surface area contributed by atoms with Crippen LogP contribution in [-0.4, -0.2) is 187 Å². The number of nitrogens with two attached hydrogens (primary N) is 5. The molecule has 29 nitrogen and oxygen atoms in total. The van der Waals surface area contributed by atoms with Crippen molar-refractivity contribution in [1.29, 1.82) is 0 Å². The van der Waals surface area contributed by atoms with Gasteiger partial charge in [0.1, 0.15) is 60.4 Å². The molecule has 88 heavy (non-hydrogen) atoms. The molecule has 0 bridgehead atoms. The van der Waals surface area contributed by atoms with E-state index in [0.29, 0.717) is 24.8 Å². The first-order chi connectivity index (χ1) is 42.1. The van der Waals surface area contributed by atoms with Gasteiger partial charge in [-0.1, -0.05) is 108 Å². The monoisotopic (exact) mass is 1240 g/mol. The summed E-state index contributed by atoms with van der Waals surface area (Å²) < 4.78 is 0. The van der Waals surface area contributed by atoms with Gasteiger partial charge in [0.15, 0.2) is 0 Å². The Balaban J connectivity index is 2.71. The van der Waals surface area contributed by atoms with Crippen molar-refractivity contribution in [3.63, 3.8) is 0 Å². The van der Waals surface area contributed by atoms with Gasteiger partial charge in [-0.3, -0.25) is 52.7 Å². The molecule has 29 heteroatoms. The van der Waals surface area contributed by atoms with E-state index in [1.165, 1.54) is 13.8 Å². The molecular weight excluding hydrogens is 1140 g/mol. The first-order valence-corrected chi connectivity index (χ1v) is 31.3. The van der Waals surface area contributed by atoms with Crippen molar-refractivity contribution >= 4 is 65.0 Å². The van der Waals surface area contributed by atoms with Crippen molar-refractivity contribution in [1.82, 2.24) is 58.5 Å². The summed E-state index contributed by atoms with van der Waals surface area (Å²) in [5.41, 5.74) is 30.1. The minimum absolute atomic E-state index is 0.0134. The third-order valence-electron chi connectivity index (χ3n) is 14.9. The lowest BCUT2D eigenvalue weighted by Gasteiger charge is -2.28. The summed E-state index contributed by atoms with van der Waals surface area (Å²) >= 11 is 0. The molecule has 0 radical (unpaired) electrons. The number of unbranched alkanes of at least 4 members (excludes halogenated alkanes) is 9. The molecule has 1 aromatic rings. The SMILES string of the molecule is CCCCCCCCC1NC(=O)C(Cc2ccccc2)NC(=O)C(CCN)NC(=O)C(NC(=O)C(CCN)NC(=O)C(NC(=O)C(CCN)NC(=O)CCCCCCC)C(C)O)CCNC(=O)C(C(C)O)NC(=O)C(CCN)NC(=O)C(CCN)NC1=O. The third kappa shape index (κ3) is 29.0. The van der Waals surface area contributed by atoms with Crippen LogP contribution in [0, 0.1) is 0 Å². The Morgan fingerprint density at radius 1 is 0.511 bits per heavy atom. The van der Waals surface area contributed by atoms with Gasteiger partial charge in [-0.2, -0.15) is 0 Å². The van der Waals surface area contributed by atoms with Crippen LogP contribution in [0.3, 0.4) is 0 Å². The van der Waals surface area contributed by atoms with E-state index in [4.69, 9.17) is 28.7 Å². The number of hydrogen-bond acceptors (Lipinski definition) is 18. The number of carbonyl (C=O) groups excluding carboxylic acids is 11. The summed E-state index contributed by atoms with van der Waals surface area (Å²) in [7, 11) is 0. The number of nitrogens with one attached hydrogen (secondary N) is 11. The van der Waals surface area contributed by atoms with E-state index in [2.05, 4.69) is 72.3 Å². The van der Waals surface area contributed by atoms with E-state index in [0.717, 1.165) is 51.4 Å². The highest BCUT2D eigenvalue weighted by atomic mass is 16.3. The van der Waals surface area contributed by atoms with Gasteiger partial charge in [0.25, 0.3) is 0 Å². The average molecular weight is 1250 g/mol. The Labute approximate surface area is 517 Å². The van der Waals surface area contributed by atoms with Crippen LogP contribution in [0.5, 0.6) is 0 Å². The van der Waals surface area contributed by atoms with Crippen LogP contribution in [0.25, 0.3) is 0 Å². The van der Waals surface area contributed by atoms with Gasteiger partial charge in [-0.25, -0.2) is 0 Å². The number of amides is 11. The highest BCUT2D eigenvalue weighted by molar-refractivity contribution is 5.99. The zero-order chi connectivity index (χ0) is 65.6. The van der Waals surface area contributed by atoms with Crippen molar-refractivity contribution in [2.45, 2.75) is 229 Å². The van der Waals surface area contributed by atoms with Gasteiger partial charge in [0.2, 0.25) is 65.0 Å². The molecule has 0 spiro atoms. The largest absolute Gasteiger partial charge is 0.391 e. The molecule has 0 saturated carbocycles. The molecular formula is C59H104N16O13. The predicted octanol–water partition coefficient (Wildman–Crippen LogP) is -3.79. The smallest absolute Gasteiger partial charge is 0.245 e. The van der Waals surface area contributed by atoms with Crippen LogP contribution in [0.4, 0.5) is 0 Å². The van der Waals surface area contributed by atoms with Crippen LogP contribution in [0.15, 0.2) is 30.3 Å². The van der Waals surface area contributed by atoms with Gasteiger partial charge < -0.3 is 97.4 Å². The molecule has 1 aromatic carbocycles. The van der Waals surface area contributed by atoms with Crippen molar-refractivity contribution in [2.75, 3.05) is 39.3 Å². The van der Waals surface area contributed by atoms with Crippen molar-refractivity contribution in [3.8, 4) is 0 Å². The minimum atomic E-state index is -1.70. The predicted molar refractivity (Wildman–Crippen MR) is 330 cm³/mol. The number of benzene rings is 1. The molecule has 1 aliphatic heterocycles. The Bertz CT molecular complexity index is 2340. The summed E-state index contributed by atoms with van der Waals surface area (Å²) in [5, 5.41) is 50.0. The first kappa shape index (κ1) is 77.2. The van der Waals surface area contributed by atoms with E-state index in [-0.39, 0.29) is 84.1 Å². The summed E-state index contributed by atoms with van der Waals surface area (Å²) in [6.45, 7) is 5.41. The number of aliphatic hydroxyl groups is 2. The van der Waals surface area contributed by atoms with Gasteiger partial charge >= 0.3 is 0 Å². The van der Waals surface area contributed by atoms with Crippen molar-refractivity contribution in [2.24, 2.45) is 28.7 Å². The van der Waals surface area contributed by atoms with Crippen molar-refractivity contribution in [3.05, 3.63) is 35.9 Å². The lowest BCUT2D eigenvalue weighted by molar-refractivity contribution is -0.137. The molecule has 2 rings (SSSR count). The van der Waals surface area contributed by atoms with Crippen LogP contribution in [0.1, 0.15) is 155 Å². The number of rotatable bonds is 34. The molecule has 1 heterocycles. The maximum Gasteiger partial charge on any atom is 0.245 e. The molecule has 12 atom stereocenters. The quantitative estimate of drug-likeness (QED) is 0.0294.